The summed E-state index contributed by atoms with van der Waals surface area (Å²) in [5.74, 6) is -0.212. The quantitative estimate of drug-likeness (QED) is 0.870. The summed E-state index contributed by atoms with van der Waals surface area (Å²) in [6, 6.07) is 8.51. The maximum atomic E-state index is 12.2. The van der Waals surface area contributed by atoms with Crippen molar-refractivity contribution < 1.29 is 4.79 Å². The predicted molar refractivity (Wildman–Crippen MR) is 66.4 cm³/mol. The Balaban J connectivity index is 2.33. The molecule has 5 nitrogen and oxygen atoms in total. The Labute approximate surface area is 107 Å². The molecule has 0 aliphatic rings. The van der Waals surface area contributed by atoms with Crippen LogP contribution in [0.3, 0.4) is 0 Å². The minimum absolute atomic E-state index is 0.212. The van der Waals surface area contributed by atoms with Gasteiger partial charge in [0.25, 0.3) is 0 Å². The molecule has 2 N–H and O–H groups in total. The van der Waals surface area contributed by atoms with Crippen LogP contribution in [-0.2, 0) is 7.05 Å². The fraction of sp³-hybridized carbons (Fsp3) is 0.182. The van der Waals surface area contributed by atoms with Crippen LogP contribution in [0, 0.1) is 0 Å². The zero-order valence-corrected chi connectivity index (χ0v) is 10.8. The molecule has 1 unspecified atom stereocenters. The molecule has 0 fully saturated rings. The van der Waals surface area contributed by atoms with Gasteiger partial charge in [0.2, 0.25) is 5.78 Å². The summed E-state index contributed by atoms with van der Waals surface area (Å²) in [5.41, 5.74) is 7.07. The third-order valence-corrected chi connectivity index (χ3v) is 2.99. The van der Waals surface area contributed by atoms with E-state index < -0.39 is 6.04 Å². The summed E-state index contributed by atoms with van der Waals surface area (Å²) >= 11 is 3.19. The first-order valence-electron chi connectivity index (χ1n) is 5.01. The van der Waals surface area contributed by atoms with Crippen molar-refractivity contribution in [2.75, 3.05) is 0 Å². The number of aryl methyl sites for hydroxylation is 1. The van der Waals surface area contributed by atoms with E-state index in [1.807, 2.05) is 30.3 Å². The van der Waals surface area contributed by atoms with Gasteiger partial charge in [-0.25, -0.2) is 4.68 Å². The maximum absolute atomic E-state index is 12.2. The van der Waals surface area contributed by atoms with Gasteiger partial charge in [0.1, 0.15) is 5.69 Å². The van der Waals surface area contributed by atoms with Crippen LogP contribution in [-0.4, -0.2) is 20.8 Å². The average Bonchev–Trinajstić information content (AvgIpc) is 2.68. The molecule has 17 heavy (non-hydrogen) atoms. The molecule has 0 spiro atoms. The van der Waals surface area contributed by atoms with Crippen LogP contribution in [0.4, 0.5) is 0 Å². The van der Waals surface area contributed by atoms with Gasteiger partial charge in [-0.1, -0.05) is 35.5 Å². The molecule has 2 rings (SSSR count). The molecule has 1 aromatic heterocycles. The van der Waals surface area contributed by atoms with E-state index in [1.165, 1.54) is 4.68 Å². The Morgan fingerprint density at radius 2 is 2.06 bits per heavy atom. The molecule has 2 aromatic rings. The average molecular weight is 295 g/mol. The normalized spacial score (nSPS) is 12.4. The molecular formula is C11H11BrN4O. The number of carbonyl (C=O) groups is 1. The number of nitrogens with two attached hydrogens (primary N) is 1. The number of halogens is 1. The first-order valence-corrected chi connectivity index (χ1v) is 5.80. The summed E-state index contributed by atoms with van der Waals surface area (Å²) in [4.78, 5) is 12.2. The minimum Gasteiger partial charge on any atom is -0.317 e. The number of ketones is 1. The monoisotopic (exact) mass is 294 g/mol. The van der Waals surface area contributed by atoms with Crippen LogP contribution in [0.1, 0.15) is 22.1 Å². The molecule has 6 heteroatoms. The number of rotatable bonds is 3. The predicted octanol–water partition coefficient (Wildman–Crippen LogP) is 1.46. The van der Waals surface area contributed by atoms with Crippen molar-refractivity contribution >= 4 is 21.7 Å². The van der Waals surface area contributed by atoms with Crippen molar-refractivity contribution in [3.05, 3.63) is 46.2 Å². The Bertz CT molecular complexity index is 518. The largest absolute Gasteiger partial charge is 0.317 e. The molecule has 1 heterocycles. The minimum atomic E-state index is -0.704. The number of hydrogen-bond donors (Lipinski definition) is 1. The van der Waals surface area contributed by atoms with Gasteiger partial charge in [0, 0.05) is 7.05 Å². The van der Waals surface area contributed by atoms with Crippen molar-refractivity contribution in [2.45, 2.75) is 6.04 Å². The van der Waals surface area contributed by atoms with E-state index in [-0.39, 0.29) is 5.78 Å². The number of nitrogens with zero attached hydrogens (tertiary/aromatic N) is 3. The van der Waals surface area contributed by atoms with Crippen LogP contribution in [0.15, 0.2) is 34.9 Å². The molecule has 0 bridgehead atoms. The van der Waals surface area contributed by atoms with Gasteiger partial charge >= 0.3 is 0 Å². The second kappa shape index (κ2) is 4.77. The van der Waals surface area contributed by atoms with Crippen LogP contribution in [0.5, 0.6) is 0 Å². The topological polar surface area (TPSA) is 73.8 Å². The first-order chi connectivity index (χ1) is 8.11. The van der Waals surface area contributed by atoms with Gasteiger partial charge in [-0.15, -0.1) is 5.10 Å². The first kappa shape index (κ1) is 11.9. The van der Waals surface area contributed by atoms with Gasteiger partial charge < -0.3 is 5.73 Å². The molecule has 88 valence electrons. The second-order valence-electron chi connectivity index (χ2n) is 3.61. The van der Waals surface area contributed by atoms with E-state index in [2.05, 4.69) is 26.2 Å². The standard InChI is InChI=1S/C11H11BrN4O/c1-16-9(11(12)14-15-16)10(17)8(13)7-5-3-2-4-6-7/h2-6,8H,13H2,1H3. The lowest BCUT2D eigenvalue weighted by Gasteiger charge is -2.10. The lowest BCUT2D eigenvalue weighted by molar-refractivity contribution is 0.0951. The van der Waals surface area contributed by atoms with Crippen molar-refractivity contribution in [3.8, 4) is 0 Å². The van der Waals surface area contributed by atoms with Crippen LogP contribution in [0.2, 0.25) is 0 Å². The van der Waals surface area contributed by atoms with Crippen molar-refractivity contribution in [1.82, 2.24) is 15.0 Å². The molecular weight excluding hydrogens is 284 g/mol. The van der Waals surface area contributed by atoms with Crippen molar-refractivity contribution in [3.63, 3.8) is 0 Å². The lowest BCUT2D eigenvalue weighted by Crippen LogP contribution is -2.24. The van der Waals surface area contributed by atoms with Crippen LogP contribution >= 0.6 is 15.9 Å². The van der Waals surface area contributed by atoms with Gasteiger partial charge in [0.15, 0.2) is 4.60 Å². The highest BCUT2D eigenvalue weighted by atomic mass is 79.9. The highest BCUT2D eigenvalue weighted by Crippen LogP contribution is 2.20. The smallest absolute Gasteiger partial charge is 0.204 e. The summed E-state index contributed by atoms with van der Waals surface area (Å²) in [5, 5.41) is 7.52. The summed E-state index contributed by atoms with van der Waals surface area (Å²) in [6.45, 7) is 0. The highest BCUT2D eigenvalue weighted by Gasteiger charge is 2.24. The molecule has 0 aliphatic heterocycles. The van der Waals surface area contributed by atoms with Gasteiger partial charge in [-0.2, -0.15) is 0 Å². The molecule has 1 atom stereocenters. The Morgan fingerprint density at radius 3 is 2.59 bits per heavy atom. The number of carbonyl (C=O) groups excluding carboxylic acids is 1. The molecule has 0 saturated carbocycles. The van der Waals surface area contributed by atoms with Gasteiger partial charge in [0.05, 0.1) is 6.04 Å². The van der Waals surface area contributed by atoms with Crippen molar-refractivity contribution in [1.29, 1.82) is 0 Å². The van der Waals surface area contributed by atoms with E-state index in [0.29, 0.717) is 10.3 Å². The number of Topliss-reactive ketones (excluding diaryl/α,β-unsaturated/α-hetero) is 1. The highest BCUT2D eigenvalue weighted by molar-refractivity contribution is 9.10. The third kappa shape index (κ3) is 2.27. The fourth-order valence-electron chi connectivity index (χ4n) is 1.55. The Kier molecular flexibility index (Phi) is 3.35. The number of benzene rings is 1. The zero-order chi connectivity index (χ0) is 12.4. The molecule has 0 saturated heterocycles. The van der Waals surface area contributed by atoms with E-state index >= 15 is 0 Å². The van der Waals surface area contributed by atoms with E-state index in [4.69, 9.17) is 5.73 Å². The third-order valence-electron chi connectivity index (χ3n) is 2.46. The Hall–Kier alpha value is -1.53. The molecule has 1 aromatic carbocycles. The molecule has 0 amide bonds. The summed E-state index contributed by atoms with van der Waals surface area (Å²) in [6.07, 6.45) is 0. The lowest BCUT2D eigenvalue weighted by atomic mass is 10.0. The number of hydrogen-bond acceptors (Lipinski definition) is 4. The van der Waals surface area contributed by atoms with Gasteiger partial charge in [-0.3, -0.25) is 4.79 Å². The van der Waals surface area contributed by atoms with E-state index in [0.717, 1.165) is 5.56 Å². The number of aromatic nitrogens is 3. The summed E-state index contributed by atoms with van der Waals surface area (Å²) in [7, 11) is 1.66. The summed E-state index contributed by atoms with van der Waals surface area (Å²) < 4.78 is 1.83. The molecule has 0 aliphatic carbocycles. The maximum Gasteiger partial charge on any atom is 0.204 e. The molecule has 0 radical (unpaired) electrons. The zero-order valence-electron chi connectivity index (χ0n) is 9.17. The van der Waals surface area contributed by atoms with E-state index in [1.54, 1.807) is 7.05 Å². The van der Waals surface area contributed by atoms with E-state index in [9.17, 15) is 4.79 Å². The SMILES string of the molecule is Cn1nnc(Br)c1C(=O)C(N)c1ccccc1. The van der Waals surface area contributed by atoms with Crippen LogP contribution < -0.4 is 5.73 Å². The van der Waals surface area contributed by atoms with Gasteiger partial charge in [-0.05, 0) is 21.5 Å². The van der Waals surface area contributed by atoms with Crippen LogP contribution in [0.25, 0.3) is 0 Å². The Morgan fingerprint density at radius 1 is 1.41 bits per heavy atom. The fourth-order valence-corrected chi connectivity index (χ4v) is 2.08. The van der Waals surface area contributed by atoms with Crippen molar-refractivity contribution in [2.24, 2.45) is 12.8 Å². The second-order valence-corrected chi connectivity index (χ2v) is 4.36.